The summed E-state index contributed by atoms with van der Waals surface area (Å²) in [6, 6.07) is 10.9. The van der Waals surface area contributed by atoms with Gasteiger partial charge in [0.25, 0.3) is 5.91 Å². The van der Waals surface area contributed by atoms with Gasteiger partial charge in [-0.25, -0.2) is 5.43 Å². The second-order valence-electron chi connectivity index (χ2n) is 5.12. The number of carbonyl (C=O) groups excluding carboxylic acids is 1. The average molecular weight is 407 g/mol. The molecule has 25 heavy (non-hydrogen) atoms. The van der Waals surface area contributed by atoms with Crippen molar-refractivity contribution in [2.75, 3.05) is 20.8 Å². The van der Waals surface area contributed by atoms with Crippen LogP contribution >= 0.6 is 15.9 Å². The monoisotopic (exact) mass is 406 g/mol. The molecule has 0 heterocycles. The molecular weight excluding hydrogens is 388 g/mol. The lowest BCUT2D eigenvalue weighted by atomic mass is 10.2. The fraction of sp³-hybridized carbons (Fsp3) is 0.222. The molecule has 0 radical (unpaired) electrons. The molecule has 0 saturated heterocycles. The third kappa shape index (κ3) is 5.49. The summed E-state index contributed by atoms with van der Waals surface area (Å²) in [5.74, 6) is 1.50. The van der Waals surface area contributed by atoms with E-state index in [1.807, 2.05) is 19.1 Å². The summed E-state index contributed by atoms with van der Waals surface area (Å²) in [5.41, 5.74) is 4.23. The Morgan fingerprint density at radius 1 is 1.16 bits per heavy atom. The predicted octanol–water partition coefficient (Wildman–Crippen LogP) is 3.30. The van der Waals surface area contributed by atoms with Crippen LogP contribution in [0, 0.1) is 6.92 Å². The largest absolute Gasteiger partial charge is 0.497 e. The molecule has 0 atom stereocenters. The van der Waals surface area contributed by atoms with Crippen LogP contribution in [-0.4, -0.2) is 32.9 Å². The number of amides is 1. The molecule has 132 valence electrons. The third-order valence-corrected chi connectivity index (χ3v) is 3.90. The molecule has 0 spiro atoms. The van der Waals surface area contributed by atoms with Crippen molar-refractivity contribution in [1.29, 1.82) is 0 Å². The Bertz CT molecular complexity index is 778. The van der Waals surface area contributed by atoms with Gasteiger partial charge in [0, 0.05) is 11.6 Å². The number of aryl methyl sites for hydroxylation is 1. The highest BCUT2D eigenvalue weighted by Crippen LogP contribution is 2.25. The summed E-state index contributed by atoms with van der Waals surface area (Å²) in [5, 5.41) is 3.92. The molecule has 1 amide bonds. The summed E-state index contributed by atoms with van der Waals surface area (Å²) in [4.78, 5) is 11.8. The molecule has 1 N–H and O–H groups in total. The third-order valence-electron chi connectivity index (χ3n) is 3.28. The van der Waals surface area contributed by atoms with E-state index in [1.54, 1.807) is 38.5 Å². The van der Waals surface area contributed by atoms with E-state index in [2.05, 4.69) is 26.5 Å². The first-order chi connectivity index (χ1) is 12.0. The number of rotatable bonds is 7. The fourth-order valence-electron chi connectivity index (χ4n) is 2.00. The first-order valence-electron chi connectivity index (χ1n) is 7.46. The van der Waals surface area contributed by atoms with Gasteiger partial charge in [-0.15, -0.1) is 0 Å². The minimum absolute atomic E-state index is 0.140. The molecule has 0 aliphatic carbocycles. The molecule has 0 aliphatic rings. The van der Waals surface area contributed by atoms with Gasteiger partial charge < -0.3 is 14.2 Å². The number of halogens is 1. The number of ether oxygens (including phenoxy) is 3. The van der Waals surface area contributed by atoms with E-state index in [-0.39, 0.29) is 12.5 Å². The lowest BCUT2D eigenvalue weighted by molar-refractivity contribution is -0.123. The van der Waals surface area contributed by atoms with Crippen molar-refractivity contribution in [3.8, 4) is 17.2 Å². The van der Waals surface area contributed by atoms with Gasteiger partial charge in [-0.05, 0) is 52.7 Å². The van der Waals surface area contributed by atoms with Gasteiger partial charge in [0.05, 0.1) is 24.9 Å². The van der Waals surface area contributed by atoms with Gasteiger partial charge in [0.15, 0.2) is 6.61 Å². The molecule has 0 unspecified atom stereocenters. The molecule has 6 nitrogen and oxygen atoms in total. The summed E-state index contributed by atoms with van der Waals surface area (Å²) in [6.45, 7) is 1.84. The van der Waals surface area contributed by atoms with Crippen LogP contribution in [0.3, 0.4) is 0 Å². The zero-order valence-electron chi connectivity index (χ0n) is 14.2. The number of hydrazone groups is 1. The minimum Gasteiger partial charge on any atom is -0.497 e. The first kappa shape index (κ1) is 18.8. The number of hydrogen-bond donors (Lipinski definition) is 1. The molecule has 0 bridgehead atoms. The molecule has 2 aromatic carbocycles. The number of nitrogens with one attached hydrogen (secondary N) is 1. The van der Waals surface area contributed by atoms with Crippen molar-refractivity contribution in [3.63, 3.8) is 0 Å². The van der Waals surface area contributed by atoms with Crippen molar-refractivity contribution in [1.82, 2.24) is 5.43 Å². The molecule has 0 fully saturated rings. The van der Waals surface area contributed by atoms with Crippen LogP contribution in [0.15, 0.2) is 46.0 Å². The van der Waals surface area contributed by atoms with Crippen LogP contribution in [0.25, 0.3) is 0 Å². The van der Waals surface area contributed by atoms with Gasteiger partial charge >= 0.3 is 0 Å². The molecule has 2 aromatic rings. The van der Waals surface area contributed by atoms with Gasteiger partial charge in [-0.3, -0.25) is 4.79 Å². The number of carbonyl (C=O) groups is 1. The summed E-state index contributed by atoms with van der Waals surface area (Å²) >= 11 is 3.40. The van der Waals surface area contributed by atoms with Crippen LogP contribution in [0.2, 0.25) is 0 Å². The van der Waals surface area contributed by atoms with Crippen LogP contribution in [-0.2, 0) is 4.79 Å². The van der Waals surface area contributed by atoms with Crippen molar-refractivity contribution < 1.29 is 19.0 Å². The molecule has 0 aliphatic heterocycles. The Morgan fingerprint density at radius 3 is 2.64 bits per heavy atom. The zero-order valence-corrected chi connectivity index (χ0v) is 15.8. The molecule has 7 heteroatoms. The van der Waals surface area contributed by atoms with E-state index >= 15 is 0 Å². The van der Waals surface area contributed by atoms with Crippen molar-refractivity contribution in [2.24, 2.45) is 5.10 Å². The van der Waals surface area contributed by atoms with Crippen molar-refractivity contribution in [2.45, 2.75) is 6.92 Å². The fourth-order valence-corrected chi connectivity index (χ4v) is 2.61. The number of benzene rings is 2. The standard InChI is InChI=1S/C18H19BrN2O4/c1-12-4-7-16(15(19)8-12)25-11-18(22)21-20-10-13-5-6-14(23-2)9-17(13)24-3/h4-10H,11H2,1-3H3,(H,21,22)/b20-10+. The van der Waals surface area contributed by atoms with Crippen LogP contribution in [0.4, 0.5) is 0 Å². The van der Waals surface area contributed by atoms with Crippen LogP contribution < -0.4 is 19.6 Å². The van der Waals surface area contributed by atoms with Gasteiger partial charge in [-0.2, -0.15) is 5.10 Å². The van der Waals surface area contributed by atoms with E-state index in [0.29, 0.717) is 22.8 Å². The maximum atomic E-state index is 11.8. The van der Waals surface area contributed by atoms with Gasteiger partial charge in [-0.1, -0.05) is 6.07 Å². The average Bonchev–Trinajstić information content (AvgIpc) is 2.61. The molecule has 2 rings (SSSR count). The topological polar surface area (TPSA) is 69.2 Å². The quantitative estimate of drug-likeness (QED) is 0.565. The summed E-state index contributed by atoms with van der Waals surface area (Å²) in [6.07, 6.45) is 1.50. The van der Waals surface area contributed by atoms with Gasteiger partial charge in [0.1, 0.15) is 17.2 Å². The maximum Gasteiger partial charge on any atom is 0.277 e. The minimum atomic E-state index is -0.365. The zero-order chi connectivity index (χ0) is 18.2. The number of methoxy groups -OCH3 is 2. The van der Waals surface area contributed by atoms with Crippen molar-refractivity contribution in [3.05, 3.63) is 52.0 Å². The second kappa shape index (κ2) is 9.08. The normalized spacial score (nSPS) is 10.6. The predicted molar refractivity (Wildman–Crippen MR) is 99.7 cm³/mol. The first-order valence-corrected chi connectivity index (χ1v) is 8.25. The Balaban J connectivity index is 1.90. The van der Waals surface area contributed by atoms with E-state index in [0.717, 1.165) is 10.0 Å². The Hall–Kier alpha value is -2.54. The highest BCUT2D eigenvalue weighted by Gasteiger charge is 2.06. The van der Waals surface area contributed by atoms with E-state index in [9.17, 15) is 4.79 Å². The van der Waals surface area contributed by atoms with E-state index in [4.69, 9.17) is 14.2 Å². The van der Waals surface area contributed by atoms with Crippen molar-refractivity contribution >= 4 is 28.1 Å². The lowest BCUT2D eigenvalue weighted by Gasteiger charge is -2.08. The Morgan fingerprint density at radius 2 is 1.96 bits per heavy atom. The second-order valence-corrected chi connectivity index (χ2v) is 5.98. The maximum absolute atomic E-state index is 11.8. The van der Waals surface area contributed by atoms with E-state index < -0.39 is 0 Å². The highest BCUT2D eigenvalue weighted by atomic mass is 79.9. The summed E-state index contributed by atoms with van der Waals surface area (Å²) in [7, 11) is 3.13. The lowest BCUT2D eigenvalue weighted by Crippen LogP contribution is -2.24. The smallest absolute Gasteiger partial charge is 0.277 e. The molecular formula is C18H19BrN2O4. The summed E-state index contributed by atoms with van der Waals surface area (Å²) < 4.78 is 16.6. The number of nitrogens with zero attached hydrogens (tertiary/aromatic N) is 1. The Kier molecular flexibility index (Phi) is 6.82. The molecule has 0 saturated carbocycles. The highest BCUT2D eigenvalue weighted by molar-refractivity contribution is 9.10. The van der Waals surface area contributed by atoms with Gasteiger partial charge in [0.2, 0.25) is 0 Å². The Labute approximate surface area is 154 Å². The van der Waals surface area contributed by atoms with Crippen LogP contribution in [0.1, 0.15) is 11.1 Å². The SMILES string of the molecule is COc1ccc(/C=N/NC(=O)COc2ccc(C)cc2Br)c(OC)c1. The van der Waals surface area contributed by atoms with E-state index in [1.165, 1.54) is 6.21 Å². The number of hydrogen-bond acceptors (Lipinski definition) is 5. The van der Waals surface area contributed by atoms with Crippen LogP contribution in [0.5, 0.6) is 17.2 Å². The molecule has 0 aromatic heterocycles.